The van der Waals surface area contributed by atoms with E-state index in [1.54, 1.807) is 29.7 Å². The first-order chi connectivity index (χ1) is 24.2. The third kappa shape index (κ3) is 4.86. The van der Waals surface area contributed by atoms with Gasteiger partial charge in [0.15, 0.2) is 5.82 Å². The van der Waals surface area contributed by atoms with Gasteiger partial charge >= 0.3 is 5.97 Å². The first kappa shape index (κ1) is 30.7. The fourth-order valence-electron chi connectivity index (χ4n) is 8.16. The van der Waals surface area contributed by atoms with Crippen LogP contribution in [0.5, 0.6) is 5.75 Å². The number of phenols is 1. The fraction of sp³-hybridized carbons (Fsp3) is 0.333. The second-order valence-electron chi connectivity index (χ2n) is 14.1. The molecule has 3 aromatic heterocycles. The minimum atomic E-state index is -0.517. The molecule has 10 nitrogen and oxygen atoms in total. The monoisotopic (exact) mass is 672 g/mol. The van der Waals surface area contributed by atoms with Crippen LogP contribution in [0.1, 0.15) is 53.3 Å². The Balaban J connectivity index is 1.12. The number of fused-ring (bicyclic) bond motifs is 5. The number of aryl methyl sites for hydroxylation is 1. The van der Waals surface area contributed by atoms with E-state index >= 15 is 4.39 Å². The number of pyridine rings is 1. The van der Waals surface area contributed by atoms with Gasteiger partial charge in [0.1, 0.15) is 17.1 Å². The predicted octanol–water partition coefficient (Wildman–Crippen LogP) is 6.40. The molecule has 3 aromatic carbocycles. The number of amides is 1. The number of hydrogen-bond donors (Lipinski definition) is 2. The van der Waals surface area contributed by atoms with Crippen LogP contribution in [-0.4, -0.2) is 66.2 Å². The maximum atomic E-state index is 15.8. The molecule has 9 rings (SSSR count). The summed E-state index contributed by atoms with van der Waals surface area (Å²) in [7, 11) is 1.82. The highest BCUT2D eigenvalue weighted by molar-refractivity contribution is 6.00. The molecule has 2 unspecified atom stereocenters. The lowest BCUT2D eigenvalue weighted by molar-refractivity contribution is 0.0525. The van der Waals surface area contributed by atoms with Crippen molar-refractivity contribution in [2.24, 2.45) is 24.6 Å². The summed E-state index contributed by atoms with van der Waals surface area (Å²) in [5.74, 6) is 0.242. The summed E-state index contributed by atoms with van der Waals surface area (Å²) < 4.78 is 25.0. The molecule has 1 saturated heterocycles. The molecule has 3 aliphatic rings. The number of aromatic hydroxyl groups is 1. The van der Waals surface area contributed by atoms with E-state index < -0.39 is 11.8 Å². The number of hydrogen-bond acceptors (Lipinski definition) is 7. The van der Waals surface area contributed by atoms with Gasteiger partial charge in [0, 0.05) is 59.6 Å². The van der Waals surface area contributed by atoms with Crippen LogP contribution < -0.4 is 5.73 Å². The number of nitrogens with two attached hydrogens (primary N) is 1. The quantitative estimate of drug-likeness (QED) is 0.188. The Kier molecular flexibility index (Phi) is 7.00. The summed E-state index contributed by atoms with van der Waals surface area (Å²) in [6.45, 7) is 3.37. The number of halogens is 1. The van der Waals surface area contributed by atoms with E-state index in [0.717, 1.165) is 54.4 Å². The van der Waals surface area contributed by atoms with Crippen LogP contribution in [-0.2, 0) is 18.3 Å². The zero-order chi connectivity index (χ0) is 34.4. The van der Waals surface area contributed by atoms with E-state index in [0.29, 0.717) is 57.4 Å². The van der Waals surface area contributed by atoms with Gasteiger partial charge in [-0.05, 0) is 93.0 Å². The second-order valence-corrected chi connectivity index (χ2v) is 14.1. The maximum absolute atomic E-state index is 15.8. The molecule has 0 radical (unpaired) electrons. The number of carbonyl (C=O) groups is 2. The highest BCUT2D eigenvalue weighted by Gasteiger charge is 2.47. The van der Waals surface area contributed by atoms with Crippen molar-refractivity contribution in [2.45, 2.75) is 51.2 Å². The van der Waals surface area contributed by atoms with E-state index in [2.05, 4.69) is 16.7 Å². The summed E-state index contributed by atoms with van der Waals surface area (Å²) >= 11 is 0. The van der Waals surface area contributed by atoms with Crippen molar-refractivity contribution >= 4 is 44.7 Å². The van der Waals surface area contributed by atoms with Crippen molar-refractivity contribution in [2.75, 3.05) is 13.2 Å². The summed E-state index contributed by atoms with van der Waals surface area (Å²) in [5, 5.41) is 12.2. The van der Waals surface area contributed by atoms with Gasteiger partial charge < -0.3 is 29.6 Å². The molecule has 1 amide bonds. The van der Waals surface area contributed by atoms with Crippen molar-refractivity contribution in [3.63, 3.8) is 0 Å². The van der Waals surface area contributed by atoms with E-state index in [4.69, 9.17) is 20.4 Å². The Bertz CT molecular complexity index is 2390. The normalized spacial score (nSPS) is 20.1. The number of ether oxygens (including phenoxy) is 1. The number of likely N-dealkylation sites (tertiary alicyclic amines) is 1. The summed E-state index contributed by atoms with van der Waals surface area (Å²) in [6, 6.07) is 18.0. The second kappa shape index (κ2) is 11.4. The minimum absolute atomic E-state index is 0.00704. The standard InChI is InChI=1S/C39H37FN6O4/c1-3-50-39(49)25-14-29-26(34(47)17-25)9-10-28(42-29)21-6-7-22-16-33(45(32(22)15-21)18-20-4-5-20)37-43-30-13-24(12-27(40)36(30)44(37)2)38(48)46-19-23-8-11-31(46)35(23)41/h6-7,9-10,12-17,20,23,31,35,47H,3-5,8,11,18-19,41H2,1-2H3/t23?,31?,35-/m1/s1. The van der Waals surface area contributed by atoms with Crippen LogP contribution in [0.15, 0.2) is 60.7 Å². The molecule has 3 fully saturated rings. The van der Waals surface area contributed by atoms with Gasteiger partial charge in [0.25, 0.3) is 5.91 Å². The lowest BCUT2D eigenvalue weighted by Gasteiger charge is -2.27. The molecule has 0 spiro atoms. The van der Waals surface area contributed by atoms with Crippen molar-refractivity contribution in [1.82, 2.24) is 24.0 Å². The number of esters is 1. The Morgan fingerprint density at radius 2 is 1.80 bits per heavy atom. The Labute approximate surface area is 287 Å². The number of piperidine rings is 1. The first-order valence-electron chi connectivity index (χ1n) is 17.4. The van der Waals surface area contributed by atoms with Crippen LogP contribution in [0.2, 0.25) is 0 Å². The Hall–Kier alpha value is -5.29. The van der Waals surface area contributed by atoms with Crippen molar-refractivity contribution in [3.8, 4) is 28.5 Å². The number of phenolic OH excluding ortho intramolecular Hbond substituents is 1. The smallest absolute Gasteiger partial charge is 0.338 e. The molecule has 3 atom stereocenters. The first-order valence-corrected chi connectivity index (χ1v) is 17.4. The average molecular weight is 673 g/mol. The zero-order valence-electron chi connectivity index (χ0n) is 27.9. The predicted molar refractivity (Wildman–Crippen MR) is 188 cm³/mol. The number of nitrogens with zero attached hydrogens (tertiary/aromatic N) is 5. The largest absolute Gasteiger partial charge is 0.507 e. The third-order valence-corrected chi connectivity index (χ3v) is 10.9. The van der Waals surface area contributed by atoms with E-state index in [1.807, 2.05) is 30.1 Å². The Morgan fingerprint density at radius 3 is 2.54 bits per heavy atom. The zero-order valence-corrected chi connectivity index (χ0v) is 27.9. The molecule has 3 N–H and O–H groups in total. The molecule has 4 heterocycles. The molecule has 2 aliphatic carbocycles. The molecular weight excluding hydrogens is 635 g/mol. The van der Waals surface area contributed by atoms with Gasteiger partial charge in [-0.2, -0.15) is 0 Å². The van der Waals surface area contributed by atoms with Crippen LogP contribution >= 0.6 is 0 Å². The van der Waals surface area contributed by atoms with E-state index in [9.17, 15) is 14.7 Å². The highest BCUT2D eigenvalue weighted by Crippen LogP contribution is 2.40. The fourth-order valence-corrected chi connectivity index (χ4v) is 8.16. The van der Waals surface area contributed by atoms with Crippen LogP contribution in [0.4, 0.5) is 4.39 Å². The van der Waals surface area contributed by atoms with Gasteiger partial charge in [-0.15, -0.1) is 0 Å². The van der Waals surface area contributed by atoms with Gasteiger partial charge in [-0.3, -0.25) is 4.79 Å². The molecule has 254 valence electrons. The van der Waals surface area contributed by atoms with Crippen molar-refractivity contribution < 1.29 is 23.8 Å². The number of aromatic nitrogens is 4. The van der Waals surface area contributed by atoms with Gasteiger partial charge in [-0.25, -0.2) is 19.2 Å². The Morgan fingerprint density at radius 1 is 0.980 bits per heavy atom. The van der Waals surface area contributed by atoms with Crippen LogP contribution in [0, 0.1) is 17.7 Å². The number of imidazole rings is 1. The average Bonchev–Trinajstić information content (AvgIpc) is 3.50. The van der Waals surface area contributed by atoms with Gasteiger partial charge in [0.05, 0.1) is 34.6 Å². The molecular formula is C39H37FN6O4. The molecule has 6 aromatic rings. The lowest BCUT2D eigenvalue weighted by atomic mass is 10.1. The number of rotatable bonds is 7. The molecule has 2 bridgehead atoms. The summed E-state index contributed by atoms with van der Waals surface area (Å²) in [6.07, 6.45) is 4.20. The number of carbonyl (C=O) groups excluding carboxylic acids is 2. The van der Waals surface area contributed by atoms with Crippen LogP contribution in [0.3, 0.4) is 0 Å². The topological polar surface area (TPSA) is 128 Å². The summed E-state index contributed by atoms with van der Waals surface area (Å²) in [5.41, 5.74) is 11.6. The molecule has 1 aliphatic heterocycles. The van der Waals surface area contributed by atoms with Crippen molar-refractivity contribution in [1.29, 1.82) is 0 Å². The van der Waals surface area contributed by atoms with E-state index in [1.165, 1.54) is 12.1 Å². The van der Waals surface area contributed by atoms with Crippen molar-refractivity contribution in [3.05, 3.63) is 77.6 Å². The van der Waals surface area contributed by atoms with Crippen LogP contribution in [0.25, 0.3) is 55.6 Å². The molecule has 2 saturated carbocycles. The highest BCUT2D eigenvalue weighted by atomic mass is 19.1. The van der Waals surface area contributed by atoms with E-state index in [-0.39, 0.29) is 35.9 Å². The van der Waals surface area contributed by atoms with Gasteiger partial charge in [0.2, 0.25) is 0 Å². The molecule has 11 heteroatoms. The van der Waals surface area contributed by atoms with Gasteiger partial charge in [-0.1, -0.05) is 12.1 Å². The molecule has 50 heavy (non-hydrogen) atoms. The SMILES string of the molecule is CCOC(=O)c1cc(O)c2ccc(-c3ccc4cc(-c5nc6cc(C(=O)N7CC8CCC7[C@@H]8N)cc(F)c6n5C)n(CC5CC5)c4c3)nc2c1. The third-order valence-electron chi connectivity index (χ3n) is 10.9. The minimum Gasteiger partial charge on any atom is -0.507 e. The maximum Gasteiger partial charge on any atom is 0.338 e. The lowest BCUT2D eigenvalue weighted by Crippen LogP contribution is -2.41. The summed E-state index contributed by atoms with van der Waals surface area (Å²) in [4.78, 5) is 37.6. The number of benzene rings is 3.